The molecule has 0 spiro atoms. The number of aromatic nitrogens is 3. The molecule has 1 N–H and O–H groups in total. The Hall–Kier alpha value is -2.31. The van der Waals surface area contributed by atoms with E-state index in [-0.39, 0.29) is 12.1 Å². The van der Waals surface area contributed by atoms with Gasteiger partial charge in [0.1, 0.15) is 5.75 Å². The van der Waals surface area contributed by atoms with Gasteiger partial charge in [0.2, 0.25) is 0 Å². The second-order valence-corrected chi connectivity index (χ2v) is 4.11. The highest BCUT2D eigenvalue weighted by atomic mass is 16.5. The summed E-state index contributed by atoms with van der Waals surface area (Å²) >= 11 is 0. The molecule has 0 saturated carbocycles. The van der Waals surface area contributed by atoms with Gasteiger partial charge >= 0.3 is 6.09 Å². The summed E-state index contributed by atoms with van der Waals surface area (Å²) in [6.45, 7) is 5.92. The molecule has 0 aliphatic carbocycles. The zero-order valence-corrected chi connectivity index (χ0v) is 11.1. The molecule has 102 valence electrons. The van der Waals surface area contributed by atoms with Crippen LogP contribution in [0.3, 0.4) is 0 Å². The number of ether oxygens (including phenoxy) is 2. The summed E-state index contributed by atoms with van der Waals surface area (Å²) in [5, 5.41) is 6.54. The van der Waals surface area contributed by atoms with Crippen LogP contribution in [0.2, 0.25) is 0 Å². The Morgan fingerprint density at radius 1 is 1.53 bits per heavy atom. The maximum atomic E-state index is 11.3. The van der Waals surface area contributed by atoms with Gasteiger partial charge in [0.25, 0.3) is 5.95 Å². The molecule has 0 unspecified atom stereocenters. The first-order valence-electron chi connectivity index (χ1n) is 6.05. The van der Waals surface area contributed by atoms with Crippen molar-refractivity contribution in [2.45, 2.75) is 26.9 Å². The Kier molecular flexibility index (Phi) is 3.84. The summed E-state index contributed by atoms with van der Waals surface area (Å²) in [6, 6.07) is 3.54. The van der Waals surface area contributed by atoms with Gasteiger partial charge in [-0.2, -0.15) is 4.98 Å². The third kappa shape index (κ3) is 3.34. The van der Waals surface area contributed by atoms with E-state index in [0.717, 1.165) is 0 Å². The van der Waals surface area contributed by atoms with Crippen LogP contribution in [0.25, 0.3) is 5.65 Å². The molecule has 0 radical (unpaired) electrons. The fourth-order valence-electron chi connectivity index (χ4n) is 1.52. The highest BCUT2D eigenvalue weighted by Gasteiger charge is 2.09. The van der Waals surface area contributed by atoms with Gasteiger partial charge in [-0.1, -0.05) is 0 Å². The molecule has 0 aromatic carbocycles. The van der Waals surface area contributed by atoms with E-state index < -0.39 is 6.09 Å². The van der Waals surface area contributed by atoms with Crippen molar-refractivity contribution >= 4 is 17.7 Å². The third-order valence-corrected chi connectivity index (χ3v) is 2.17. The highest BCUT2D eigenvalue weighted by molar-refractivity contribution is 5.82. The second kappa shape index (κ2) is 5.55. The molecule has 2 aromatic heterocycles. The number of pyridine rings is 1. The molecule has 7 nitrogen and oxygen atoms in total. The Labute approximate surface area is 110 Å². The van der Waals surface area contributed by atoms with Crippen LogP contribution in [0.4, 0.5) is 10.7 Å². The average molecular weight is 264 g/mol. The van der Waals surface area contributed by atoms with Crippen molar-refractivity contribution in [1.29, 1.82) is 0 Å². The molecule has 0 atom stereocenters. The smallest absolute Gasteiger partial charge is 0.414 e. The third-order valence-electron chi connectivity index (χ3n) is 2.17. The molecule has 2 aromatic rings. The molecule has 1 amide bonds. The summed E-state index contributed by atoms with van der Waals surface area (Å²) in [5.74, 6) is 0.901. The molecule has 7 heteroatoms. The zero-order valence-electron chi connectivity index (χ0n) is 11.1. The number of hydrogen-bond donors (Lipinski definition) is 1. The van der Waals surface area contributed by atoms with Crippen LogP contribution in [0.1, 0.15) is 20.8 Å². The van der Waals surface area contributed by atoms with Crippen LogP contribution < -0.4 is 10.1 Å². The Balaban J connectivity index is 2.18. The predicted molar refractivity (Wildman–Crippen MR) is 69.4 cm³/mol. The lowest BCUT2D eigenvalue weighted by molar-refractivity contribution is 0.167. The van der Waals surface area contributed by atoms with Crippen LogP contribution in [0.15, 0.2) is 18.3 Å². The van der Waals surface area contributed by atoms with Gasteiger partial charge in [0.05, 0.1) is 12.7 Å². The lowest BCUT2D eigenvalue weighted by atomic mass is 10.4. The lowest BCUT2D eigenvalue weighted by Gasteiger charge is -2.08. The summed E-state index contributed by atoms with van der Waals surface area (Å²) in [6.07, 6.45) is 1.23. The Morgan fingerprint density at radius 3 is 3.00 bits per heavy atom. The van der Waals surface area contributed by atoms with Gasteiger partial charge < -0.3 is 9.47 Å². The van der Waals surface area contributed by atoms with E-state index in [9.17, 15) is 4.79 Å². The maximum Gasteiger partial charge on any atom is 0.414 e. The van der Waals surface area contributed by atoms with Gasteiger partial charge in [-0.3, -0.25) is 5.32 Å². The van der Waals surface area contributed by atoms with Crippen LogP contribution in [-0.4, -0.2) is 33.4 Å². The van der Waals surface area contributed by atoms with Crippen molar-refractivity contribution in [1.82, 2.24) is 14.6 Å². The van der Waals surface area contributed by atoms with E-state index in [0.29, 0.717) is 18.0 Å². The predicted octanol–water partition coefficient (Wildman–Crippen LogP) is 2.08. The minimum absolute atomic E-state index is 0.0856. The largest absolute Gasteiger partial charge is 0.491 e. The van der Waals surface area contributed by atoms with Gasteiger partial charge in [-0.25, -0.2) is 9.31 Å². The van der Waals surface area contributed by atoms with E-state index in [4.69, 9.17) is 9.47 Å². The summed E-state index contributed by atoms with van der Waals surface area (Å²) in [5.41, 5.74) is 0.588. The first kappa shape index (κ1) is 13.1. The summed E-state index contributed by atoms with van der Waals surface area (Å²) < 4.78 is 11.9. The molecule has 19 heavy (non-hydrogen) atoms. The van der Waals surface area contributed by atoms with E-state index in [1.165, 1.54) is 0 Å². The van der Waals surface area contributed by atoms with Crippen molar-refractivity contribution in [2.75, 3.05) is 11.9 Å². The number of rotatable bonds is 4. The molecule has 0 saturated heterocycles. The van der Waals surface area contributed by atoms with E-state index >= 15 is 0 Å². The standard InChI is InChI=1S/C12H16N4O3/c1-4-18-12(17)14-11-13-10-7-9(19-8(2)3)5-6-16(10)15-11/h5-8H,4H2,1-3H3,(H,14,15,17). The second-order valence-electron chi connectivity index (χ2n) is 4.11. The van der Waals surface area contributed by atoms with E-state index in [1.54, 1.807) is 29.8 Å². The monoisotopic (exact) mass is 264 g/mol. The number of carbonyl (C=O) groups excluding carboxylic acids is 1. The molecule has 2 heterocycles. The van der Waals surface area contributed by atoms with Crippen molar-refractivity contribution < 1.29 is 14.3 Å². The topological polar surface area (TPSA) is 77.8 Å². The van der Waals surface area contributed by atoms with E-state index in [2.05, 4.69) is 15.4 Å². The summed E-state index contributed by atoms with van der Waals surface area (Å²) in [7, 11) is 0. The van der Waals surface area contributed by atoms with Crippen LogP contribution in [0.5, 0.6) is 5.75 Å². The fraction of sp³-hybridized carbons (Fsp3) is 0.417. The maximum absolute atomic E-state index is 11.3. The fourth-order valence-corrected chi connectivity index (χ4v) is 1.52. The van der Waals surface area contributed by atoms with Crippen molar-refractivity contribution in [2.24, 2.45) is 0 Å². The normalized spacial score (nSPS) is 10.7. The van der Waals surface area contributed by atoms with Crippen molar-refractivity contribution in [3.8, 4) is 5.75 Å². The van der Waals surface area contributed by atoms with Crippen molar-refractivity contribution in [3.63, 3.8) is 0 Å². The number of nitrogens with zero attached hydrogens (tertiary/aromatic N) is 3. The van der Waals surface area contributed by atoms with Crippen LogP contribution in [-0.2, 0) is 4.74 Å². The number of fused-ring (bicyclic) bond motifs is 1. The quantitative estimate of drug-likeness (QED) is 0.914. The first-order valence-corrected chi connectivity index (χ1v) is 6.05. The molecule has 0 bridgehead atoms. The number of carbonyl (C=O) groups is 1. The van der Waals surface area contributed by atoms with Gasteiger partial charge in [0.15, 0.2) is 5.65 Å². The van der Waals surface area contributed by atoms with Crippen molar-refractivity contribution in [3.05, 3.63) is 18.3 Å². The number of hydrogen-bond acceptors (Lipinski definition) is 5. The molecule has 2 rings (SSSR count). The number of amides is 1. The molecule has 0 fully saturated rings. The van der Waals surface area contributed by atoms with E-state index in [1.807, 2.05) is 13.8 Å². The van der Waals surface area contributed by atoms with Gasteiger partial charge in [-0.05, 0) is 26.8 Å². The molecular formula is C12H16N4O3. The minimum Gasteiger partial charge on any atom is -0.491 e. The molecular weight excluding hydrogens is 248 g/mol. The average Bonchev–Trinajstić information content (AvgIpc) is 2.69. The minimum atomic E-state index is -0.572. The highest BCUT2D eigenvalue weighted by Crippen LogP contribution is 2.15. The Morgan fingerprint density at radius 2 is 2.32 bits per heavy atom. The van der Waals surface area contributed by atoms with Gasteiger partial charge in [0, 0.05) is 12.3 Å². The molecule has 0 aliphatic heterocycles. The van der Waals surface area contributed by atoms with Crippen LogP contribution >= 0.6 is 0 Å². The van der Waals surface area contributed by atoms with Crippen LogP contribution in [0, 0.1) is 0 Å². The SMILES string of the molecule is CCOC(=O)Nc1nc2cc(OC(C)C)ccn2n1. The molecule has 0 aliphatic rings. The Bertz CT molecular complexity index is 579. The number of nitrogens with one attached hydrogen (secondary N) is 1. The lowest BCUT2D eigenvalue weighted by Crippen LogP contribution is -2.14. The summed E-state index contributed by atoms with van der Waals surface area (Å²) in [4.78, 5) is 15.4. The zero-order chi connectivity index (χ0) is 13.8. The first-order chi connectivity index (χ1) is 9.08. The van der Waals surface area contributed by atoms with Gasteiger partial charge in [-0.15, -0.1) is 5.10 Å². The number of anilines is 1.